The molecule has 2 aromatic carbocycles. The van der Waals surface area contributed by atoms with Crippen molar-refractivity contribution >= 4 is 21.6 Å². The highest BCUT2D eigenvalue weighted by atomic mass is 32.2. The molecule has 0 aromatic heterocycles. The molecular weight excluding hydrogens is 404 g/mol. The van der Waals surface area contributed by atoms with Gasteiger partial charge in [-0.15, -0.1) is 0 Å². The van der Waals surface area contributed by atoms with Crippen LogP contribution in [0.15, 0.2) is 53.4 Å². The number of carbonyl (C=O) groups is 1. The largest absolute Gasteiger partial charge is 0.494 e. The van der Waals surface area contributed by atoms with E-state index in [2.05, 4.69) is 5.32 Å². The van der Waals surface area contributed by atoms with E-state index in [9.17, 15) is 13.2 Å². The van der Waals surface area contributed by atoms with Crippen molar-refractivity contribution in [1.29, 1.82) is 0 Å². The molecule has 0 spiro atoms. The lowest BCUT2D eigenvalue weighted by molar-refractivity contribution is -0.116. The summed E-state index contributed by atoms with van der Waals surface area (Å²) in [5, 5.41) is 2.78. The lowest BCUT2D eigenvalue weighted by atomic mass is 10.2. The van der Waals surface area contributed by atoms with Gasteiger partial charge in [0, 0.05) is 25.2 Å². The first-order valence-electron chi connectivity index (χ1n) is 10.2. The van der Waals surface area contributed by atoms with Gasteiger partial charge < -0.3 is 14.8 Å². The highest BCUT2D eigenvalue weighted by molar-refractivity contribution is 7.89. The Labute approximate surface area is 179 Å². The van der Waals surface area contributed by atoms with Gasteiger partial charge in [0.05, 0.1) is 18.1 Å². The van der Waals surface area contributed by atoms with Gasteiger partial charge in [-0.1, -0.05) is 13.8 Å². The Morgan fingerprint density at radius 2 is 1.47 bits per heavy atom. The van der Waals surface area contributed by atoms with Crippen LogP contribution in [0.1, 0.15) is 33.6 Å². The molecule has 0 aliphatic carbocycles. The van der Waals surface area contributed by atoms with Gasteiger partial charge in [0.15, 0.2) is 0 Å². The van der Waals surface area contributed by atoms with Gasteiger partial charge in [0.2, 0.25) is 15.9 Å². The molecule has 164 valence electrons. The second kappa shape index (κ2) is 11.6. The average Bonchev–Trinajstić information content (AvgIpc) is 2.74. The molecular formula is C22H30N2O5S. The summed E-state index contributed by atoms with van der Waals surface area (Å²) in [5.41, 5.74) is 0.561. The monoisotopic (exact) mass is 434 g/mol. The third-order valence-electron chi connectivity index (χ3n) is 4.43. The lowest BCUT2D eigenvalue weighted by Crippen LogP contribution is -2.30. The number of nitrogens with zero attached hydrogens (tertiary/aromatic N) is 1. The number of hydrogen-bond acceptors (Lipinski definition) is 5. The Kier molecular flexibility index (Phi) is 9.14. The molecule has 1 N–H and O–H groups in total. The summed E-state index contributed by atoms with van der Waals surface area (Å²) in [4.78, 5) is 12.3. The summed E-state index contributed by atoms with van der Waals surface area (Å²) in [6.07, 6.45) is 0.865. The summed E-state index contributed by atoms with van der Waals surface area (Å²) in [6.45, 7) is 7.39. The molecule has 0 atom stereocenters. The smallest absolute Gasteiger partial charge is 0.243 e. The van der Waals surface area contributed by atoms with Gasteiger partial charge in [0.25, 0.3) is 0 Å². The van der Waals surface area contributed by atoms with Crippen molar-refractivity contribution in [3.05, 3.63) is 48.5 Å². The van der Waals surface area contributed by atoms with E-state index in [0.717, 1.165) is 11.5 Å². The van der Waals surface area contributed by atoms with Crippen molar-refractivity contribution in [3.8, 4) is 11.5 Å². The van der Waals surface area contributed by atoms with Crippen LogP contribution in [0.5, 0.6) is 11.5 Å². The number of benzene rings is 2. The fourth-order valence-corrected chi connectivity index (χ4v) is 4.33. The lowest BCUT2D eigenvalue weighted by Gasteiger charge is -2.18. The van der Waals surface area contributed by atoms with E-state index in [1.165, 1.54) is 16.4 Å². The second-order valence-electron chi connectivity index (χ2n) is 6.52. The molecule has 0 saturated heterocycles. The first kappa shape index (κ1) is 23.7. The predicted molar refractivity (Wildman–Crippen MR) is 118 cm³/mol. The molecule has 8 heteroatoms. The van der Waals surface area contributed by atoms with Crippen LogP contribution >= 0.6 is 0 Å². The topological polar surface area (TPSA) is 84.9 Å². The molecule has 0 bridgehead atoms. The zero-order valence-electron chi connectivity index (χ0n) is 17.8. The summed E-state index contributed by atoms with van der Waals surface area (Å²) in [7, 11) is -3.50. The average molecular weight is 435 g/mol. The van der Waals surface area contributed by atoms with E-state index in [-0.39, 0.29) is 10.8 Å². The van der Waals surface area contributed by atoms with Crippen LogP contribution in [0.2, 0.25) is 0 Å². The Hall–Kier alpha value is -2.58. The zero-order valence-corrected chi connectivity index (χ0v) is 18.6. The summed E-state index contributed by atoms with van der Waals surface area (Å²) in [5.74, 6) is 1.37. The molecule has 0 heterocycles. The first-order valence-corrected chi connectivity index (χ1v) is 11.6. The van der Waals surface area contributed by atoms with Gasteiger partial charge in [0.1, 0.15) is 11.5 Å². The van der Waals surface area contributed by atoms with Crippen molar-refractivity contribution in [2.24, 2.45) is 0 Å². The normalized spacial score (nSPS) is 11.3. The molecule has 0 unspecified atom stereocenters. The number of anilines is 1. The maximum absolute atomic E-state index is 12.5. The van der Waals surface area contributed by atoms with E-state index < -0.39 is 10.0 Å². The number of sulfonamides is 1. The predicted octanol–water partition coefficient (Wildman–Crippen LogP) is 3.91. The molecule has 30 heavy (non-hydrogen) atoms. The third-order valence-corrected chi connectivity index (χ3v) is 6.50. The molecule has 1 amide bonds. The van der Waals surface area contributed by atoms with Gasteiger partial charge in [-0.3, -0.25) is 4.79 Å². The standard InChI is InChI=1S/C22H30N2O5S/c1-4-24(5-2)30(26,27)21-15-9-18(10-16-21)23-22(25)8-7-17-29-20-13-11-19(12-14-20)28-6-3/h9-16H,4-8,17H2,1-3H3,(H,23,25). The highest BCUT2D eigenvalue weighted by Gasteiger charge is 2.21. The molecule has 0 saturated carbocycles. The molecule has 0 fully saturated rings. The number of rotatable bonds is 12. The summed E-state index contributed by atoms with van der Waals surface area (Å²) >= 11 is 0. The maximum atomic E-state index is 12.5. The van der Waals surface area contributed by atoms with E-state index in [0.29, 0.717) is 44.8 Å². The van der Waals surface area contributed by atoms with Crippen molar-refractivity contribution in [2.45, 2.75) is 38.5 Å². The van der Waals surface area contributed by atoms with E-state index in [4.69, 9.17) is 9.47 Å². The van der Waals surface area contributed by atoms with Crippen molar-refractivity contribution in [1.82, 2.24) is 4.31 Å². The number of amides is 1. The minimum Gasteiger partial charge on any atom is -0.494 e. The van der Waals surface area contributed by atoms with Crippen LogP contribution in [0.4, 0.5) is 5.69 Å². The van der Waals surface area contributed by atoms with Crippen LogP contribution in [-0.4, -0.2) is 44.9 Å². The Morgan fingerprint density at radius 3 is 2.00 bits per heavy atom. The zero-order chi connectivity index (χ0) is 22.0. The summed E-state index contributed by atoms with van der Waals surface area (Å²) in [6, 6.07) is 13.6. The number of ether oxygens (including phenoxy) is 2. The van der Waals surface area contributed by atoms with Crippen LogP contribution in [0, 0.1) is 0 Å². The van der Waals surface area contributed by atoms with E-state index in [1.54, 1.807) is 26.0 Å². The molecule has 2 aromatic rings. The SMILES string of the molecule is CCOc1ccc(OCCCC(=O)Nc2ccc(S(=O)(=O)N(CC)CC)cc2)cc1. The molecule has 0 radical (unpaired) electrons. The van der Waals surface area contributed by atoms with Crippen molar-refractivity contribution in [3.63, 3.8) is 0 Å². The van der Waals surface area contributed by atoms with E-state index in [1.807, 2.05) is 31.2 Å². The molecule has 2 rings (SSSR count). The highest BCUT2D eigenvalue weighted by Crippen LogP contribution is 2.19. The van der Waals surface area contributed by atoms with Crippen LogP contribution in [0.25, 0.3) is 0 Å². The van der Waals surface area contributed by atoms with E-state index >= 15 is 0 Å². The minimum atomic E-state index is -3.50. The van der Waals surface area contributed by atoms with Crippen LogP contribution in [0.3, 0.4) is 0 Å². The van der Waals surface area contributed by atoms with Crippen molar-refractivity contribution < 1.29 is 22.7 Å². The number of nitrogens with one attached hydrogen (secondary N) is 1. The van der Waals surface area contributed by atoms with Crippen LogP contribution < -0.4 is 14.8 Å². The summed E-state index contributed by atoms with van der Waals surface area (Å²) < 4.78 is 37.4. The van der Waals surface area contributed by atoms with Gasteiger partial charge >= 0.3 is 0 Å². The Morgan fingerprint density at radius 1 is 0.900 bits per heavy atom. The minimum absolute atomic E-state index is 0.148. The number of hydrogen-bond donors (Lipinski definition) is 1. The van der Waals surface area contributed by atoms with Gasteiger partial charge in [-0.05, 0) is 61.9 Å². The van der Waals surface area contributed by atoms with Crippen LogP contribution in [-0.2, 0) is 14.8 Å². The third kappa shape index (κ3) is 6.74. The first-order chi connectivity index (χ1) is 14.4. The quantitative estimate of drug-likeness (QED) is 0.512. The fraction of sp³-hybridized carbons (Fsp3) is 0.409. The Balaban J connectivity index is 1.78. The van der Waals surface area contributed by atoms with Gasteiger partial charge in [-0.25, -0.2) is 8.42 Å². The Bertz CT molecular complexity index is 892. The molecule has 0 aliphatic rings. The number of carbonyl (C=O) groups excluding carboxylic acids is 1. The van der Waals surface area contributed by atoms with Gasteiger partial charge in [-0.2, -0.15) is 4.31 Å². The second-order valence-corrected chi connectivity index (χ2v) is 8.46. The fourth-order valence-electron chi connectivity index (χ4n) is 2.87. The maximum Gasteiger partial charge on any atom is 0.243 e. The van der Waals surface area contributed by atoms with Crippen molar-refractivity contribution in [2.75, 3.05) is 31.6 Å². The molecule has 0 aliphatic heterocycles. The molecule has 7 nitrogen and oxygen atoms in total.